The second-order valence-electron chi connectivity index (χ2n) is 14.4. The van der Waals surface area contributed by atoms with Crippen molar-refractivity contribution in [1.29, 1.82) is 0 Å². The molecule has 0 aliphatic heterocycles. The maximum absolute atomic E-state index is 12.4. The van der Waals surface area contributed by atoms with Gasteiger partial charge in [-0.3, -0.25) is 9.59 Å². The van der Waals surface area contributed by atoms with Crippen molar-refractivity contribution in [3.8, 4) is 0 Å². The Labute approximate surface area is 219 Å². The van der Waals surface area contributed by atoms with Gasteiger partial charge < -0.3 is 9.84 Å². The Kier molecular flexibility index (Phi) is 7.08. The summed E-state index contributed by atoms with van der Waals surface area (Å²) in [5.74, 6) is 3.31. The molecule has 4 heteroatoms. The van der Waals surface area contributed by atoms with Crippen LogP contribution in [0.15, 0.2) is 0 Å². The number of rotatable bonds is 3. The van der Waals surface area contributed by atoms with Crippen molar-refractivity contribution in [1.82, 2.24) is 0 Å². The average molecular weight is 501 g/mol. The summed E-state index contributed by atoms with van der Waals surface area (Å²) in [5, 5.41) is 10.2. The lowest BCUT2D eigenvalue weighted by Crippen LogP contribution is -2.61. The van der Waals surface area contributed by atoms with Crippen LogP contribution in [0.1, 0.15) is 125 Å². The number of aliphatic carboxylic acids is 1. The standard InChI is InChI=1S/C29H44O4.C3H8/c1-17-20-10-14-28(3)21-11-16-29(26(31)32)13-4-5-22(29)19(21)8-9-24(28)27(20,2)15-12-23(17)33-25(30)18-6-7-18;1-3-2/h17-24H,4-16H2,1-3H3,(H,31,32);3H2,1-2H3. The summed E-state index contributed by atoms with van der Waals surface area (Å²) >= 11 is 0. The molecule has 1 N–H and O–H groups in total. The fourth-order valence-electron chi connectivity index (χ4n) is 10.9. The number of carbonyl (C=O) groups excluding carboxylic acids is 1. The van der Waals surface area contributed by atoms with E-state index < -0.39 is 11.4 Å². The van der Waals surface area contributed by atoms with Gasteiger partial charge >= 0.3 is 11.9 Å². The Morgan fingerprint density at radius 1 is 0.806 bits per heavy atom. The Morgan fingerprint density at radius 2 is 1.44 bits per heavy atom. The first-order valence-corrected chi connectivity index (χ1v) is 15.6. The molecule has 6 aliphatic carbocycles. The van der Waals surface area contributed by atoms with Crippen molar-refractivity contribution in [3.05, 3.63) is 0 Å². The van der Waals surface area contributed by atoms with Crippen molar-refractivity contribution in [3.63, 3.8) is 0 Å². The highest BCUT2D eigenvalue weighted by Crippen LogP contribution is 2.71. The predicted molar refractivity (Wildman–Crippen MR) is 142 cm³/mol. The lowest BCUT2D eigenvalue weighted by atomic mass is 9.37. The monoisotopic (exact) mass is 500 g/mol. The molecule has 0 radical (unpaired) electrons. The van der Waals surface area contributed by atoms with Gasteiger partial charge in [-0.05, 0) is 123 Å². The first-order chi connectivity index (χ1) is 17.1. The highest BCUT2D eigenvalue weighted by atomic mass is 16.5. The number of fused-ring (bicyclic) bond motifs is 7. The molecule has 0 aromatic carbocycles. The number of ether oxygens (including phenoxy) is 1. The highest BCUT2D eigenvalue weighted by molar-refractivity contribution is 5.76. The van der Waals surface area contributed by atoms with Gasteiger partial charge in [-0.2, -0.15) is 0 Å². The molecule has 36 heavy (non-hydrogen) atoms. The number of hydrogen-bond acceptors (Lipinski definition) is 3. The smallest absolute Gasteiger partial charge is 0.309 e. The van der Waals surface area contributed by atoms with E-state index in [9.17, 15) is 14.7 Å². The van der Waals surface area contributed by atoms with E-state index in [0.717, 1.165) is 57.3 Å². The minimum atomic E-state index is -0.501. The molecule has 6 fully saturated rings. The Morgan fingerprint density at radius 3 is 2.11 bits per heavy atom. The number of carboxylic acid groups (broad SMARTS) is 1. The first-order valence-electron chi connectivity index (χ1n) is 15.6. The molecule has 10 atom stereocenters. The summed E-state index contributed by atoms with van der Waals surface area (Å²) in [7, 11) is 0. The third kappa shape index (κ3) is 3.98. The molecule has 0 amide bonds. The van der Waals surface area contributed by atoms with Gasteiger partial charge in [0.25, 0.3) is 0 Å². The quantitative estimate of drug-likeness (QED) is 0.400. The summed E-state index contributed by atoms with van der Waals surface area (Å²) in [4.78, 5) is 24.8. The average Bonchev–Trinajstić information content (AvgIpc) is 3.59. The van der Waals surface area contributed by atoms with Gasteiger partial charge in [-0.1, -0.05) is 47.5 Å². The van der Waals surface area contributed by atoms with Crippen LogP contribution in [0.25, 0.3) is 0 Å². The summed E-state index contributed by atoms with van der Waals surface area (Å²) in [6.07, 6.45) is 15.8. The minimum absolute atomic E-state index is 0.0669. The molecule has 4 nitrogen and oxygen atoms in total. The first kappa shape index (κ1) is 26.5. The maximum Gasteiger partial charge on any atom is 0.309 e. The lowest BCUT2D eigenvalue weighted by molar-refractivity contribution is -0.204. The largest absolute Gasteiger partial charge is 0.481 e. The molecule has 0 aromatic rings. The van der Waals surface area contributed by atoms with Gasteiger partial charge in [0.2, 0.25) is 0 Å². The Hall–Kier alpha value is -1.06. The van der Waals surface area contributed by atoms with Crippen LogP contribution < -0.4 is 0 Å². The van der Waals surface area contributed by atoms with Gasteiger partial charge in [-0.15, -0.1) is 0 Å². The van der Waals surface area contributed by atoms with Crippen molar-refractivity contribution in [2.45, 2.75) is 131 Å². The molecular weight excluding hydrogens is 448 g/mol. The van der Waals surface area contributed by atoms with E-state index in [-0.39, 0.29) is 18.0 Å². The molecule has 6 saturated carbocycles. The van der Waals surface area contributed by atoms with E-state index in [0.29, 0.717) is 40.4 Å². The second kappa shape index (κ2) is 9.60. The Bertz CT molecular complexity index is 849. The lowest BCUT2D eigenvalue weighted by Gasteiger charge is -2.67. The van der Waals surface area contributed by atoms with Crippen LogP contribution in [0.2, 0.25) is 0 Å². The molecule has 0 heterocycles. The summed E-state index contributed by atoms with van der Waals surface area (Å²) in [5.41, 5.74) is 0.263. The minimum Gasteiger partial charge on any atom is -0.481 e. The van der Waals surface area contributed by atoms with E-state index in [4.69, 9.17) is 4.74 Å². The fourth-order valence-corrected chi connectivity index (χ4v) is 10.9. The third-order valence-electron chi connectivity index (χ3n) is 12.6. The topological polar surface area (TPSA) is 63.6 Å². The van der Waals surface area contributed by atoms with Gasteiger partial charge in [0.15, 0.2) is 0 Å². The van der Waals surface area contributed by atoms with E-state index in [1.54, 1.807) is 0 Å². The number of carbonyl (C=O) groups is 2. The number of esters is 1. The SMILES string of the molecule is CC1C(OC(=O)C2CC2)CCC2(C)C1CCC1(C)C3CCC4(C(=O)O)CCCC4C3CCC21.CCC. The van der Waals surface area contributed by atoms with Crippen LogP contribution in [0, 0.1) is 57.7 Å². The van der Waals surface area contributed by atoms with Crippen molar-refractivity contribution >= 4 is 11.9 Å². The van der Waals surface area contributed by atoms with Crippen LogP contribution >= 0.6 is 0 Å². The summed E-state index contributed by atoms with van der Waals surface area (Å²) in [6, 6.07) is 0. The van der Waals surface area contributed by atoms with Crippen molar-refractivity contribution in [2.75, 3.05) is 0 Å². The zero-order chi connectivity index (χ0) is 25.9. The molecule has 0 bridgehead atoms. The van der Waals surface area contributed by atoms with E-state index >= 15 is 0 Å². The van der Waals surface area contributed by atoms with Gasteiger partial charge in [0.05, 0.1) is 11.3 Å². The van der Waals surface area contributed by atoms with Crippen LogP contribution in [-0.2, 0) is 14.3 Å². The van der Waals surface area contributed by atoms with Crippen LogP contribution in [0.4, 0.5) is 0 Å². The van der Waals surface area contributed by atoms with Crippen molar-refractivity contribution in [2.24, 2.45) is 57.7 Å². The predicted octanol–water partition coefficient (Wildman–Crippen LogP) is 7.88. The van der Waals surface area contributed by atoms with Crippen LogP contribution in [0.3, 0.4) is 0 Å². The highest BCUT2D eigenvalue weighted by Gasteiger charge is 2.66. The zero-order valence-corrected chi connectivity index (χ0v) is 23.7. The van der Waals surface area contributed by atoms with Gasteiger partial charge in [0.1, 0.15) is 6.10 Å². The molecule has 204 valence electrons. The third-order valence-corrected chi connectivity index (χ3v) is 12.6. The molecule has 0 saturated heterocycles. The molecule has 6 aliphatic rings. The molecule has 0 spiro atoms. The number of hydrogen-bond donors (Lipinski definition) is 1. The van der Waals surface area contributed by atoms with E-state index in [1.807, 2.05) is 0 Å². The zero-order valence-electron chi connectivity index (χ0n) is 23.7. The van der Waals surface area contributed by atoms with E-state index in [1.165, 1.54) is 38.5 Å². The van der Waals surface area contributed by atoms with Gasteiger partial charge in [-0.25, -0.2) is 0 Å². The molecular formula is C32H52O4. The molecule has 0 aromatic heterocycles. The van der Waals surface area contributed by atoms with E-state index in [2.05, 4.69) is 34.6 Å². The summed E-state index contributed by atoms with van der Waals surface area (Å²) in [6.45, 7) is 11.8. The number of carboxylic acids is 1. The molecule has 10 unspecified atom stereocenters. The fraction of sp³-hybridized carbons (Fsp3) is 0.938. The van der Waals surface area contributed by atoms with Crippen molar-refractivity contribution < 1.29 is 19.4 Å². The maximum atomic E-state index is 12.4. The van der Waals surface area contributed by atoms with Gasteiger partial charge in [0, 0.05) is 0 Å². The second-order valence-corrected chi connectivity index (χ2v) is 14.4. The van der Waals surface area contributed by atoms with Crippen LogP contribution in [0.5, 0.6) is 0 Å². The normalized spacial score (nSPS) is 49.3. The Balaban J connectivity index is 0.000000848. The molecule has 6 rings (SSSR count). The summed E-state index contributed by atoms with van der Waals surface area (Å²) < 4.78 is 6.05. The van der Waals surface area contributed by atoms with Crippen LogP contribution in [-0.4, -0.2) is 23.1 Å².